The summed E-state index contributed by atoms with van der Waals surface area (Å²) in [6.07, 6.45) is 0. The van der Waals surface area contributed by atoms with Crippen LogP contribution in [0.15, 0.2) is 18.2 Å². The molecule has 1 atom stereocenters. The predicted molar refractivity (Wildman–Crippen MR) is 84.7 cm³/mol. The second-order valence-corrected chi connectivity index (χ2v) is 5.02. The van der Waals surface area contributed by atoms with Crippen LogP contribution < -0.4 is 9.80 Å². The average Bonchev–Trinajstić information content (AvgIpc) is 2.47. The normalized spacial score (nSPS) is 11.3. The number of anilines is 2. The summed E-state index contributed by atoms with van der Waals surface area (Å²) in [5, 5.41) is 9.36. The van der Waals surface area contributed by atoms with E-state index in [0.717, 1.165) is 5.69 Å². The fraction of sp³-hybridized carbons (Fsp3) is 0.438. The molecule has 0 aromatic heterocycles. The fourth-order valence-electron chi connectivity index (χ4n) is 2.12. The van der Waals surface area contributed by atoms with Gasteiger partial charge >= 0.3 is 5.97 Å². The minimum atomic E-state index is -0.797. The van der Waals surface area contributed by atoms with E-state index in [1.54, 1.807) is 32.0 Å². The maximum Gasteiger partial charge on any atom is 0.328 e. The highest BCUT2D eigenvalue weighted by atomic mass is 16.5. The first-order valence-electron chi connectivity index (χ1n) is 7.01. The molecule has 0 aliphatic heterocycles. The highest BCUT2D eigenvalue weighted by Crippen LogP contribution is 2.27. The van der Waals surface area contributed by atoms with Crippen molar-refractivity contribution in [1.82, 2.24) is 0 Å². The van der Waals surface area contributed by atoms with Crippen molar-refractivity contribution < 1.29 is 14.3 Å². The van der Waals surface area contributed by atoms with Gasteiger partial charge in [-0.15, -0.1) is 0 Å². The van der Waals surface area contributed by atoms with Crippen LogP contribution in [0.25, 0.3) is 0 Å². The van der Waals surface area contributed by atoms with E-state index in [1.807, 2.05) is 19.0 Å². The molecule has 22 heavy (non-hydrogen) atoms. The zero-order valence-corrected chi connectivity index (χ0v) is 13.6. The maximum absolute atomic E-state index is 12.0. The monoisotopic (exact) mass is 303 g/mol. The summed E-state index contributed by atoms with van der Waals surface area (Å²) in [6.45, 7) is 4.88. The highest BCUT2D eigenvalue weighted by Gasteiger charge is 2.28. The van der Waals surface area contributed by atoms with Crippen molar-refractivity contribution in [3.8, 4) is 6.07 Å². The molecule has 1 rings (SSSR count). The van der Waals surface area contributed by atoms with Crippen LogP contribution in [0.2, 0.25) is 0 Å². The number of esters is 1. The van der Waals surface area contributed by atoms with Crippen LogP contribution in [-0.4, -0.2) is 38.6 Å². The molecule has 0 fully saturated rings. The second-order valence-electron chi connectivity index (χ2n) is 5.02. The minimum Gasteiger partial charge on any atom is -0.464 e. The Kier molecular flexibility index (Phi) is 5.93. The zero-order valence-electron chi connectivity index (χ0n) is 13.6. The second kappa shape index (κ2) is 7.46. The Morgan fingerprint density at radius 1 is 1.36 bits per heavy atom. The number of carbonyl (C=O) groups excluding carboxylic acids is 2. The highest BCUT2D eigenvalue weighted by molar-refractivity contribution is 5.99. The summed E-state index contributed by atoms with van der Waals surface area (Å²) in [5.74, 6) is -0.826. The van der Waals surface area contributed by atoms with Gasteiger partial charge in [0.05, 0.1) is 17.9 Å². The number of ether oxygens (including phenoxy) is 1. The molecule has 0 spiro atoms. The molecule has 0 saturated carbocycles. The van der Waals surface area contributed by atoms with E-state index in [1.165, 1.54) is 11.8 Å². The Morgan fingerprint density at radius 3 is 2.45 bits per heavy atom. The first-order chi connectivity index (χ1) is 10.3. The number of carbonyl (C=O) groups is 2. The molecule has 118 valence electrons. The van der Waals surface area contributed by atoms with Gasteiger partial charge in [-0.1, -0.05) is 0 Å². The number of nitrogens with zero attached hydrogens (tertiary/aromatic N) is 3. The van der Waals surface area contributed by atoms with Crippen molar-refractivity contribution in [3.63, 3.8) is 0 Å². The van der Waals surface area contributed by atoms with Crippen LogP contribution in [0.4, 0.5) is 11.4 Å². The van der Waals surface area contributed by atoms with E-state index in [2.05, 4.69) is 6.07 Å². The molecule has 0 aliphatic carbocycles. The molecule has 0 saturated heterocycles. The molecular weight excluding hydrogens is 282 g/mol. The fourth-order valence-corrected chi connectivity index (χ4v) is 2.12. The van der Waals surface area contributed by atoms with E-state index in [0.29, 0.717) is 11.3 Å². The third-order valence-corrected chi connectivity index (χ3v) is 3.23. The Balaban J connectivity index is 3.31. The van der Waals surface area contributed by atoms with Gasteiger partial charge < -0.3 is 9.64 Å². The molecule has 6 nitrogen and oxygen atoms in total. The molecule has 1 amide bonds. The van der Waals surface area contributed by atoms with Crippen molar-refractivity contribution in [2.75, 3.05) is 30.5 Å². The summed E-state index contributed by atoms with van der Waals surface area (Å²) >= 11 is 0. The quantitative estimate of drug-likeness (QED) is 0.777. The van der Waals surface area contributed by atoms with E-state index in [4.69, 9.17) is 4.74 Å². The van der Waals surface area contributed by atoms with Gasteiger partial charge in [-0.2, -0.15) is 5.26 Å². The van der Waals surface area contributed by atoms with Crippen LogP contribution in [0.5, 0.6) is 0 Å². The van der Waals surface area contributed by atoms with Gasteiger partial charge in [-0.3, -0.25) is 9.69 Å². The molecule has 0 bridgehead atoms. The molecule has 1 aromatic carbocycles. The Hall–Kier alpha value is -2.55. The van der Waals surface area contributed by atoms with Crippen molar-refractivity contribution in [1.29, 1.82) is 5.26 Å². The lowest BCUT2D eigenvalue weighted by molar-refractivity contribution is -0.145. The summed E-state index contributed by atoms with van der Waals surface area (Å²) in [5.41, 5.74) is 1.58. The molecular formula is C16H21N3O3. The number of benzene rings is 1. The summed E-state index contributed by atoms with van der Waals surface area (Å²) in [7, 11) is 3.72. The van der Waals surface area contributed by atoms with E-state index in [9.17, 15) is 14.9 Å². The summed E-state index contributed by atoms with van der Waals surface area (Å²) < 4.78 is 4.97. The lowest BCUT2D eigenvalue weighted by atomic mass is 10.1. The molecule has 1 unspecified atom stereocenters. The Labute approximate surface area is 130 Å². The molecule has 0 aliphatic rings. The van der Waals surface area contributed by atoms with Crippen LogP contribution in [-0.2, 0) is 14.3 Å². The first kappa shape index (κ1) is 17.5. The van der Waals surface area contributed by atoms with Crippen LogP contribution in [0, 0.1) is 11.3 Å². The van der Waals surface area contributed by atoms with Gasteiger partial charge in [0.25, 0.3) is 0 Å². The Bertz CT molecular complexity index is 605. The average molecular weight is 303 g/mol. The SMILES string of the molecule is CCOC(=O)C(C)N(C(C)=O)c1ccc(N(C)C)cc1C#N. The van der Waals surface area contributed by atoms with Crippen molar-refractivity contribution >= 4 is 23.3 Å². The molecule has 6 heteroatoms. The van der Waals surface area contributed by atoms with Gasteiger partial charge in [-0.25, -0.2) is 4.79 Å². The number of hydrogen-bond acceptors (Lipinski definition) is 5. The van der Waals surface area contributed by atoms with Gasteiger partial charge in [-0.05, 0) is 32.0 Å². The number of amides is 1. The van der Waals surface area contributed by atoms with Crippen LogP contribution in [0.1, 0.15) is 26.3 Å². The molecule has 1 aromatic rings. The lowest BCUT2D eigenvalue weighted by Crippen LogP contribution is -2.43. The maximum atomic E-state index is 12.0. The molecule has 0 heterocycles. The smallest absolute Gasteiger partial charge is 0.328 e. The third-order valence-electron chi connectivity index (χ3n) is 3.23. The minimum absolute atomic E-state index is 0.236. The summed E-state index contributed by atoms with van der Waals surface area (Å²) in [6, 6.07) is 6.43. The van der Waals surface area contributed by atoms with E-state index >= 15 is 0 Å². The largest absolute Gasteiger partial charge is 0.464 e. The number of hydrogen-bond donors (Lipinski definition) is 0. The molecule has 0 radical (unpaired) electrons. The number of rotatable bonds is 5. The Morgan fingerprint density at radius 2 is 2.00 bits per heavy atom. The van der Waals surface area contributed by atoms with E-state index in [-0.39, 0.29) is 12.5 Å². The first-order valence-corrected chi connectivity index (χ1v) is 7.01. The van der Waals surface area contributed by atoms with Crippen LogP contribution in [0.3, 0.4) is 0 Å². The predicted octanol–water partition coefficient (Wildman–Crippen LogP) is 1.93. The van der Waals surface area contributed by atoms with Gasteiger partial charge in [0, 0.05) is 26.7 Å². The lowest BCUT2D eigenvalue weighted by Gasteiger charge is -2.28. The van der Waals surface area contributed by atoms with Crippen molar-refractivity contribution in [2.45, 2.75) is 26.8 Å². The molecule has 0 N–H and O–H groups in total. The summed E-state index contributed by atoms with van der Waals surface area (Å²) in [4.78, 5) is 27.1. The van der Waals surface area contributed by atoms with Gasteiger partial charge in [0.2, 0.25) is 5.91 Å². The van der Waals surface area contributed by atoms with Crippen LogP contribution >= 0.6 is 0 Å². The topological polar surface area (TPSA) is 73.6 Å². The number of nitriles is 1. The zero-order chi connectivity index (χ0) is 16.9. The standard InChI is InChI=1S/C16H21N3O3/c1-6-22-16(21)11(2)19(12(3)20)15-8-7-14(18(4)5)9-13(15)10-17/h7-9,11H,6H2,1-5H3. The van der Waals surface area contributed by atoms with Crippen molar-refractivity contribution in [3.05, 3.63) is 23.8 Å². The van der Waals surface area contributed by atoms with Gasteiger partial charge in [0.15, 0.2) is 0 Å². The van der Waals surface area contributed by atoms with Crippen molar-refractivity contribution in [2.24, 2.45) is 0 Å². The third kappa shape index (κ3) is 3.76. The van der Waals surface area contributed by atoms with E-state index < -0.39 is 12.0 Å². The van der Waals surface area contributed by atoms with Gasteiger partial charge in [0.1, 0.15) is 12.1 Å².